The average molecular weight is 308 g/mol. The Morgan fingerprint density at radius 1 is 1.25 bits per heavy atom. The Bertz CT molecular complexity index is 757. The molecule has 0 aliphatic heterocycles. The topological polar surface area (TPSA) is 50.4 Å². The van der Waals surface area contributed by atoms with Crippen LogP contribution in [-0.4, -0.2) is 19.7 Å². The van der Waals surface area contributed by atoms with Crippen molar-refractivity contribution in [3.8, 4) is 0 Å². The Morgan fingerprint density at radius 3 is 2.95 bits per heavy atom. The maximum Gasteiger partial charge on any atom is 0.0903 e. The van der Waals surface area contributed by atoms with E-state index in [1.54, 1.807) is 35.4 Å². The molecule has 3 aromatic rings. The standard InChI is InChI=1S/C14H11Cl2N3O/c15-11-3-1-2-9(14(11)16)6-13(20)10-7-18-19-5-4-17-8-12(10)19/h1-5,7-8,13,20H,6H2. The van der Waals surface area contributed by atoms with E-state index in [1.807, 2.05) is 12.1 Å². The van der Waals surface area contributed by atoms with Gasteiger partial charge in [0.05, 0.1) is 34.1 Å². The third kappa shape index (κ3) is 2.38. The highest BCUT2D eigenvalue weighted by Gasteiger charge is 2.16. The maximum absolute atomic E-state index is 10.4. The summed E-state index contributed by atoms with van der Waals surface area (Å²) in [6.07, 6.45) is 6.34. The lowest BCUT2D eigenvalue weighted by Gasteiger charge is -2.11. The molecule has 1 N–H and O–H groups in total. The molecule has 0 aliphatic rings. The van der Waals surface area contributed by atoms with Gasteiger partial charge in [0.25, 0.3) is 0 Å². The summed E-state index contributed by atoms with van der Waals surface area (Å²) in [6.45, 7) is 0. The fourth-order valence-electron chi connectivity index (χ4n) is 2.13. The first-order chi connectivity index (χ1) is 9.66. The molecule has 3 rings (SSSR count). The number of hydrogen-bond donors (Lipinski definition) is 1. The number of halogens is 2. The molecular weight excluding hydrogens is 297 g/mol. The molecule has 0 fully saturated rings. The van der Waals surface area contributed by atoms with Crippen LogP contribution in [0.5, 0.6) is 0 Å². The van der Waals surface area contributed by atoms with Crippen LogP contribution in [0.2, 0.25) is 10.0 Å². The summed E-state index contributed by atoms with van der Waals surface area (Å²) in [4.78, 5) is 4.05. The lowest BCUT2D eigenvalue weighted by Crippen LogP contribution is -2.02. The van der Waals surface area contributed by atoms with E-state index in [1.165, 1.54) is 0 Å². The first kappa shape index (κ1) is 13.4. The molecule has 0 spiro atoms. The summed E-state index contributed by atoms with van der Waals surface area (Å²) >= 11 is 12.1. The van der Waals surface area contributed by atoms with Gasteiger partial charge in [-0.3, -0.25) is 4.98 Å². The van der Waals surface area contributed by atoms with Crippen molar-refractivity contribution in [3.05, 3.63) is 64.2 Å². The molecule has 0 bridgehead atoms. The second-order valence-corrected chi connectivity index (χ2v) is 5.22. The lowest BCUT2D eigenvalue weighted by molar-refractivity contribution is 0.180. The molecule has 2 heterocycles. The number of rotatable bonds is 3. The number of aromatic nitrogens is 3. The van der Waals surface area contributed by atoms with Gasteiger partial charge >= 0.3 is 0 Å². The third-order valence-electron chi connectivity index (χ3n) is 3.16. The van der Waals surface area contributed by atoms with Crippen LogP contribution in [-0.2, 0) is 6.42 Å². The van der Waals surface area contributed by atoms with Crippen LogP contribution in [0.1, 0.15) is 17.2 Å². The van der Waals surface area contributed by atoms with Crippen molar-refractivity contribution in [2.75, 3.05) is 0 Å². The Balaban J connectivity index is 1.93. The van der Waals surface area contributed by atoms with Crippen LogP contribution in [0.3, 0.4) is 0 Å². The van der Waals surface area contributed by atoms with Crippen molar-refractivity contribution in [3.63, 3.8) is 0 Å². The van der Waals surface area contributed by atoms with Crippen LogP contribution < -0.4 is 0 Å². The van der Waals surface area contributed by atoms with Gasteiger partial charge in [0.1, 0.15) is 0 Å². The van der Waals surface area contributed by atoms with Gasteiger partial charge in [-0.25, -0.2) is 4.52 Å². The van der Waals surface area contributed by atoms with Crippen LogP contribution in [0.4, 0.5) is 0 Å². The molecule has 1 aromatic carbocycles. The molecule has 2 aromatic heterocycles. The zero-order chi connectivity index (χ0) is 14.1. The fourth-order valence-corrected chi connectivity index (χ4v) is 2.53. The fraction of sp³-hybridized carbons (Fsp3) is 0.143. The maximum atomic E-state index is 10.4. The number of hydrogen-bond acceptors (Lipinski definition) is 3. The molecule has 1 atom stereocenters. The Hall–Kier alpha value is -1.62. The van der Waals surface area contributed by atoms with Gasteiger partial charge < -0.3 is 5.11 Å². The molecule has 1 unspecified atom stereocenters. The van der Waals surface area contributed by atoms with Crippen molar-refractivity contribution in [1.82, 2.24) is 14.6 Å². The molecule has 0 aliphatic carbocycles. The minimum absolute atomic E-state index is 0.371. The molecule has 6 heteroatoms. The summed E-state index contributed by atoms with van der Waals surface area (Å²) in [5.41, 5.74) is 2.29. The quantitative estimate of drug-likeness (QED) is 0.807. The number of benzene rings is 1. The molecule has 102 valence electrons. The molecule has 4 nitrogen and oxygen atoms in total. The van der Waals surface area contributed by atoms with Crippen molar-refractivity contribution in [1.29, 1.82) is 0 Å². The van der Waals surface area contributed by atoms with E-state index in [0.29, 0.717) is 22.0 Å². The van der Waals surface area contributed by atoms with Gasteiger partial charge in [-0.05, 0) is 11.6 Å². The second-order valence-electron chi connectivity index (χ2n) is 4.44. The monoisotopic (exact) mass is 307 g/mol. The van der Waals surface area contributed by atoms with Gasteiger partial charge in [0.2, 0.25) is 0 Å². The minimum Gasteiger partial charge on any atom is -0.388 e. The van der Waals surface area contributed by atoms with Crippen molar-refractivity contribution >= 4 is 28.7 Å². The molecule has 0 saturated heterocycles. The van der Waals surface area contributed by atoms with Crippen LogP contribution in [0.25, 0.3) is 5.52 Å². The first-order valence-electron chi connectivity index (χ1n) is 6.05. The van der Waals surface area contributed by atoms with Crippen LogP contribution in [0, 0.1) is 0 Å². The SMILES string of the molecule is OC(Cc1cccc(Cl)c1Cl)c1cnn2ccncc12. The van der Waals surface area contributed by atoms with E-state index in [4.69, 9.17) is 23.2 Å². The van der Waals surface area contributed by atoms with Gasteiger partial charge in [-0.2, -0.15) is 5.10 Å². The summed E-state index contributed by atoms with van der Waals surface area (Å²) in [7, 11) is 0. The largest absolute Gasteiger partial charge is 0.388 e. The summed E-state index contributed by atoms with van der Waals surface area (Å²) < 4.78 is 1.67. The molecular formula is C14H11Cl2N3O. The first-order valence-corrected chi connectivity index (χ1v) is 6.80. The number of nitrogens with zero attached hydrogens (tertiary/aromatic N) is 3. The van der Waals surface area contributed by atoms with Crippen LogP contribution >= 0.6 is 23.2 Å². The summed E-state index contributed by atoms with van der Waals surface area (Å²) in [5.74, 6) is 0. The molecule has 0 amide bonds. The smallest absolute Gasteiger partial charge is 0.0903 e. The van der Waals surface area contributed by atoms with Crippen molar-refractivity contribution in [2.45, 2.75) is 12.5 Å². The average Bonchev–Trinajstić information content (AvgIpc) is 2.88. The molecule has 0 saturated carbocycles. The van der Waals surface area contributed by atoms with Gasteiger partial charge in [-0.15, -0.1) is 0 Å². The van der Waals surface area contributed by atoms with E-state index in [2.05, 4.69) is 10.1 Å². The summed E-state index contributed by atoms with van der Waals surface area (Å²) in [6, 6.07) is 5.38. The predicted molar refractivity (Wildman–Crippen MR) is 78.1 cm³/mol. The normalized spacial score (nSPS) is 12.8. The number of aliphatic hydroxyl groups excluding tert-OH is 1. The van der Waals surface area contributed by atoms with E-state index in [-0.39, 0.29) is 0 Å². The van der Waals surface area contributed by atoms with Crippen molar-refractivity contribution < 1.29 is 5.11 Å². The van der Waals surface area contributed by atoms with Gasteiger partial charge in [0, 0.05) is 24.4 Å². The van der Waals surface area contributed by atoms with Crippen LogP contribution in [0.15, 0.2) is 43.0 Å². The third-order valence-corrected chi connectivity index (χ3v) is 4.02. The highest BCUT2D eigenvalue weighted by molar-refractivity contribution is 6.42. The van der Waals surface area contributed by atoms with E-state index in [9.17, 15) is 5.11 Å². The van der Waals surface area contributed by atoms with E-state index < -0.39 is 6.10 Å². The Morgan fingerprint density at radius 2 is 2.10 bits per heavy atom. The van der Waals surface area contributed by atoms with Gasteiger partial charge in [-0.1, -0.05) is 35.3 Å². The zero-order valence-electron chi connectivity index (χ0n) is 10.4. The molecule has 0 radical (unpaired) electrons. The minimum atomic E-state index is -0.715. The van der Waals surface area contributed by atoms with Crippen molar-refractivity contribution in [2.24, 2.45) is 0 Å². The Kier molecular flexibility index (Phi) is 3.61. The lowest BCUT2D eigenvalue weighted by atomic mass is 10.0. The van der Waals surface area contributed by atoms with Gasteiger partial charge in [0.15, 0.2) is 0 Å². The van der Waals surface area contributed by atoms with E-state index in [0.717, 1.165) is 11.1 Å². The summed E-state index contributed by atoms with van der Waals surface area (Å²) in [5, 5.41) is 15.5. The highest BCUT2D eigenvalue weighted by atomic mass is 35.5. The number of aliphatic hydroxyl groups is 1. The number of fused-ring (bicyclic) bond motifs is 1. The predicted octanol–water partition coefficient (Wildman–Crippen LogP) is 3.31. The Labute approximate surface area is 125 Å². The van der Waals surface area contributed by atoms with E-state index >= 15 is 0 Å². The molecule has 20 heavy (non-hydrogen) atoms. The zero-order valence-corrected chi connectivity index (χ0v) is 11.9. The second kappa shape index (κ2) is 5.40. The highest BCUT2D eigenvalue weighted by Crippen LogP contribution is 2.30.